The third kappa shape index (κ3) is 3.49. The van der Waals surface area contributed by atoms with E-state index in [4.69, 9.17) is 11.6 Å². The summed E-state index contributed by atoms with van der Waals surface area (Å²) in [6, 6.07) is 8.95. The molecule has 2 aromatic heterocycles. The predicted molar refractivity (Wildman–Crippen MR) is 123 cm³/mol. The number of rotatable bonds is 5. The number of amides is 2. The fraction of sp³-hybridized carbons (Fsp3) is 0.238. The van der Waals surface area contributed by atoms with Crippen LogP contribution in [0.4, 0.5) is 10.8 Å². The molecule has 0 saturated heterocycles. The molecule has 2 aromatic carbocycles. The van der Waals surface area contributed by atoms with E-state index >= 15 is 0 Å². The molecule has 1 aliphatic rings. The second-order valence-electron chi connectivity index (χ2n) is 7.82. The quantitative estimate of drug-likeness (QED) is 0.421. The second-order valence-corrected chi connectivity index (χ2v) is 9.23. The Morgan fingerprint density at radius 1 is 1.23 bits per heavy atom. The molecule has 0 aliphatic heterocycles. The fourth-order valence-electron chi connectivity index (χ4n) is 3.49. The molecule has 0 atom stereocenters. The minimum atomic E-state index is -0.727. The van der Waals surface area contributed by atoms with Crippen molar-refractivity contribution in [2.24, 2.45) is 0 Å². The number of aromatic nitrogens is 3. The highest BCUT2D eigenvalue weighted by molar-refractivity contribution is 7.23. The number of benzene rings is 2. The summed E-state index contributed by atoms with van der Waals surface area (Å²) in [4.78, 5) is 31.4. The van der Waals surface area contributed by atoms with E-state index in [1.807, 2.05) is 12.1 Å². The molecule has 2 heterocycles. The minimum absolute atomic E-state index is 0.148. The number of hydrogen-bond donors (Lipinski definition) is 3. The maximum Gasteiger partial charge on any atom is 0.254 e. The van der Waals surface area contributed by atoms with Gasteiger partial charge in [0.15, 0.2) is 5.13 Å². The van der Waals surface area contributed by atoms with Gasteiger partial charge in [0.1, 0.15) is 5.54 Å². The van der Waals surface area contributed by atoms with Gasteiger partial charge in [-0.05, 0) is 43.2 Å². The third-order valence-electron chi connectivity index (χ3n) is 5.37. The molecular weight excluding hydrogens is 436 g/mol. The molecule has 5 rings (SSSR count). The van der Waals surface area contributed by atoms with Gasteiger partial charge in [-0.15, -0.1) is 0 Å². The summed E-state index contributed by atoms with van der Waals surface area (Å²) in [7, 11) is 3.34. The van der Waals surface area contributed by atoms with E-state index in [-0.39, 0.29) is 11.8 Å². The molecule has 8 nitrogen and oxygen atoms in total. The van der Waals surface area contributed by atoms with Gasteiger partial charge in [-0.1, -0.05) is 22.9 Å². The van der Waals surface area contributed by atoms with Crippen LogP contribution in [0.2, 0.25) is 5.02 Å². The first-order chi connectivity index (χ1) is 14.9. The highest BCUT2D eigenvalue weighted by atomic mass is 35.5. The largest absolute Gasteiger partial charge is 0.371 e. The van der Waals surface area contributed by atoms with E-state index in [0.29, 0.717) is 34.2 Å². The number of aromatic amines is 1. The first-order valence-corrected chi connectivity index (χ1v) is 10.9. The van der Waals surface area contributed by atoms with Gasteiger partial charge < -0.3 is 10.2 Å². The number of carbonyl (C=O) groups is 2. The highest BCUT2D eigenvalue weighted by Crippen LogP contribution is 2.41. The Bertz CT molecular complexity index is 1340. The summed E-state index contributed by atoms with van der Waals surface area (Å²) in [5.41, 5.74) is 2.08. The number of fused-ring (bicyclic) bond motifs is 3. The fourth-order valence-corrected chi connectivity index (χ4v) is 4.66. The average molecular weight is 455 g/mol. The van der Waals surface area contributed by atoms with Crippen molar-refractivity contribution in [3.63, 3.8) is 0 Å². The Morgan fingerprint density at radius 2 is 2.03 bits per heavy atom. The molecule has 0 spiro atoms. The molecule has 10 heteroatoms. The van der Waals surface area contributed by atoms with Crippen molar-refractivity contribution in [2.45, 2.75) is 18.4 Å². The van der Waals surface area contributed by atoms with Crippen LogP contribution >= 0.6 is 22.9 Å². The van der Waals surface area contributed by atoms with Crippen molar-refractivity contribution in [3.8, 4) is 0 Å². The van der Waals surface area contributed by atoms with Crippen LogP contribution in [0.1, 0.15) is 23.2 Å². The van der Waals surface area contributed by atoms with Crippen LogP contribution in [0.25, 0.3) is 21.1 Å². The number of hydrogen-bond acceptors (Lipinski definition) is 6. The summed E-state index contributed by atoms with van der Waals surface area (Å²) in [5.74, 6) is -0.339. The van der Waals surface area contributed by atoms with Crippen molar-refractivity contribution in [1.29, 1.82) is 0 Å². The number of H-pyrrole nitrogens is 1. The van der Waals surface area contributed by atoms with E-state index in [1.165, 1.54) is 16.2 Å². The van der Waals surface area contributed by atoms with Crippen molar-refractivity contribution in [3.05, 3.63) is 47.1 Å². The highest BCUT2D eigenvalue weighted by Gasteiger charge is 2.50. The van der Waals surface area contributed by atoms with Crippen LogP contribution in [0.5, 0.6) is 0 Å². The van der Waals surface area contributed by atoms with E-state index in [2.05, 4.69) is 25.8 Å². The molecule has 0 unspecified atom stereocenters. The standard InChI is InChI=1S/C21H19ClN6O2S/c1-28(2)18(29)12-9-11(3-4-14(12)22)26-21(7-8-21)19(30)25-20-24-16-6-5-15-13(10-23-27-15)17(16)31-20/h3-6,9-10,26H,7-8H2,1-2H3,(H,23,27)(H,24,25,30). The first kappa shape index (κ1) is 19.8. The maximum absolute atomic E-state index is 13.1. The van der Waals surface area contributed by atoms with E-state index in [1.54, 1.807) is 38.5 Å². The van der Waals surface area contributed by atoms with Crippen molar-refractivity contribution in [2.75, 3.05) is 24.7 Å². The topological polar surface area (TPSA) is 103 Å². The molecule has 1 aliphatic carbocycles. The Balaban J connectivity index is 1.37. The van der Waals surface area contributed by atoms with E-state index in [9.17, 15) is 9.59 Å². The predicted octanol–water partition coefficient (Wildman–Crippen LogP) is 4.11. The van der Waals surface area contributed by atoms with Crippen LogP contribution in [-0.2, 0) is 4.79 Å². The number of anilines is 2. The summed E-state index contributed by atoms with van der Waals surface area (Å²) in [5, 5.41) is 15.2. The lowest BCUT2D eigenvalue weighted by Crippen LogP contribution is -2.37. The van der Waals surface area contributed by atoms with Crippen LogP contribution in [0.15, 0.2) is 36.5 Å². The van der Waals surface area contributed by atoms with Crippen LogP contribution in [0.3, 0.4) is 0 Å². The van der Waals surface area contributed by atoms with Gasteiger partial charge in [0.05, 0.1) is 32.5 Å². The molecule has 0 bridgehead atoms. The Hall–Kier alpha value is -3.17. The minimum Gasteiger partial charge on any atom is -0.371 e. The van der Waals surface area contributed by atoms with Crippen molar-refractivity contribution < 1.29 is 9.59 Å². The first-order valence-electron chi connectivity index (χ1n) is 9.70. The van der Waals surface area contributed by atoms with Gasteiger partial charge in [-0.25, -0.2) is 4.98 Å². The molecule has 2 amide bonds. The molecule has 3 N–H and O–H groups in total. The van der Waals surface area contributed by atoms with Crippen molar-refractivity contribution in [1.82, 2.24) is 20.1 Å². The summed E-state index contributed by atoms with van der Waals surface area (Å²) in [6.07, 6.45) is 3.14. The average Bonchev–Trinajstić information content (AvgIpc) is 3.17. The molecule has 4 aromatic rings. The second kappa shape index (κ2) is 7.21. The summed E-state index contributed by atoms with van der Waals surface area (Å²) >= 11 is 7.62. The molecule has 1 fully saturated rings. The van der Waals surface area contributed by atoms with Gasteiger partial charge in [0.25, 0.3) is 11.8 Å². The SMILES string of the molecule is CN(C)C(=O)c1cc(NC2(C(=O)Nc3nc4ccc5[nH]ncc5c4s3)CC2)ccc1Cl. The van der Waals surface area contributed by atoms with Gasteiger partial charge in [0, 0.05) is 25.2 Å². The van der Waals surface area contributed by atoms with E-state index in [0.717, 1.165) is 21.1 Å². The molecular formula is C21H19ClN6O2S. The van der Waals surface area contributed by atoms with Gasteiger partial charge in [-0.3, -0.25) is 20.0 Å². The number of carbonyl (C=O) groups excluding carboxylic acids is 2. The lowest BCUT2D eigenvalue weighted by Gasteiger charge is -2.19. The normalized spacial score (nSPS) is 14.5. The monoisotopic (exact) mass is 454 g/mol. The van der Waals surface area contributed by atoms with Crippen LogP contribution < -0.4 is 10.6 Å². The van der Waals surface area contributed by atoms with Crippen molar-refractivity contribution >= 4 is 66.7 Å². The zero-order valence-corrected chi connectivity index (χ0v) is 18.4. The van der Waals surface area contributed by atoms with Crippen LogP contribution in [0, 0.1) is 0 Å². The molecule has 0 radical (unpaired) electrons. The van der Waals surface area contributed by atoms with Gasteiger partial charge >= 0.3 is 0 Å². The van der Waals surface area contributed by atoms with Gasteiger partial charge in [0.2, 0.25) is 0 Å². The Kier molecular flexibility index (Phi) is 4.60. The maximum atomic E-state index is 13.1. The Labute approximate surface area is 186 Å². The molecule has 1 saturated carbocycles. The number of nitrogens with one attached hydrogen (secondary N) is 3. The number of thiazole rings is 1. The lowest BCUT2D eigenvalue weighted by atomic mass is 10.1. The molecule has 158 valence electrons. The summed E-state index contributed by atoms with van der Waals surface area (Å²) in [6.45, 7) is 0. The summed E-state index contributed by atoms with van der Waals surface area (Å²) < 4.78 is 0.976. The number of halogens is 1. The lowest BCUT2D eigenvalue weighted by molar-refractivity contribution is -0.117. The Morgan fingerprint density at radius 3 is 2.77 bits per heavy atom. The zero-order valence-electron chi connectivity index (χ0n) is 16.8. The van der Waals surface area contributed by atoms with Gasteiger partial charge in [-0.2, -0.15) is 5.10 Å². The molecule has 31 heavy (non-hydrogen) atoms. The smallest absolute Gasteiger partial charge is 0.254 e. The zero-order chi connectivity index (χ0) is 21.8. The van der Waals surface area contributed by atoms with E-state index < -0.39 is 5.54 Å². The number of nitrogens with zero attached hydrogens (tertiary/aromatic N) is 3. The third-order valence-corrected chi connectivity index (χ3v) is 6.72. The van der Waals surface area contributed by atoms with Crippen LogP contribution in [-0.4, -0.2) is 51.5 Å².